The van der Waals surface area contributed by atoms with Gasteiger partial charge in [-0.1, -0.05) is 19.4 Å². The Labute approximate surface area is 79.0 Å². The number of rotatable bonds is 2. The van der Waals surface area contributed by atoms with E-state index in [1.807, 2.05) is 0 Å². The van der Waals surface area contributed by atoms with E-state index in [9.17, 15) is 4.79 Å². The summed E-state index contributed by atoms with van der Waals surface area (Å²) in [6.07, 6.45) is 7.51. The fourth-order valence-electron chi connectivity index (χ4n) is 2.56. The van der Waals surface area contributed by atoms with Gasteiger partial charge in [0.25, 0.3) is 0 Å². The van der Waals surface area contributed by atoms with Crippen molar-refractivity contribution in [2.45, 2.75) is 39.0 Å². The van der Waals surface area contributed by atoms with E-state index in [1.165, 1.54) is 5.57 Å². The Hall–Kier alpha value is -0.790. The monoisotopic (exact) mass is 180 g/mol. The number of carbonyl (C=O) groups excluding carboxylic acids is 1. The minimum atomic E-state index is -0.201. The molecule has 2 nitrogen and oxygen atoms in total. The van der Waals surface area contributed by atoms with Gasteiger partial charge in [-0.25, -0.2) is 0 Å². The molecule has 1 saturated heterocycles. The molecule has 0 bridgehead atoms. The van der Waals surface area contributed by atoms with E-state index < -0.39 is 0 Å². The summed E-state index contributed by atoms with van der Waals surface area (Å²) >= 11 is 0. The van der Waals surface area contributed by atoms with Crippen molar-refractivity contribution in [1.29, 1.82) is 0 Å². The van der Waals surface area contributed by atoms with E-state index in [4.69, 9.17) is 4.74 Å². The van der Waals surface area contributed by atoms with Crippen LogP contribution in [0.3, 0.4) is 0 Å². The zero-order valence-corrected chi connectivity index (χ0v) is 8.14. The van der Waals surface area contributed by atoms with Crippen LogP contribution in [0.5, 0.6) is 0 Å². The van der Waals surface area contributed by atoms with Crippen molar-refractivity contribution >= 4 is 5.97 Å². The van der Waals surface area contributed by atoms with Crippen molar-refractivity contribution in [3.63, 3.8) is 0 Å². The summed E-state index contributed by atoms with van der Waals surface area (Å²) in [5.41, 5.74) is 1.05. The van der Waals surface area contributed by atoms with Crippen molar-refractivity contribution in [3.05, 3.63) is 11.6 Å². The first-order valence-electron chi connectivity index (χ1n) is 5.16. The zero-order valence-electron chi connectivity index (χ0n) is 8.14. The second-order valence-electron chi connectivity index (χ2n) is 4.03. The maximum absolute atomic E-state index is 11.7. The highest BCUT2D eigenvalue weighted by Gasteiger charge is 2.48. The van der Waals surface area contributed by atoms with Gasteiger partial charge in [0, 0.05) is 0 Å². The predicted octanol–water partition coefficient (Wildman–Crippen LogP) is 2.44. The van der Waals surface area contributed by atoms with Crippen molar-refractivity contribution in [2.24, 2.45) is 5.41 Å². The minimum Gasteiger partial charge on any atom is -0.460 e. The lowest BCUT2D eigenvalue weighted by molar-refractivity contribution is -0.146. The van der Waals surface area contributed by atoms with Gasteiger partial charge in [-0.15, -0.1) is 0 Å². The van der Waals surface area contributed by atoms with Crippen LogP contribution in [0.1, 0.15) is 39.0 Å². The molecule has 0 aromatic carbocycles. The van der Waals surface area contributed by atoms with Gasteiger partial charge in [0.05, 0.1) is 5.41 Å². The van der Waals surface area contributed by atoms with E-state index in [0.29, 0.717) is 6.61 Å². The molecule has 0 amide bonds. The molecule has 0 aromatic heterocycles. The van der Waals surface area contributed by atoms with Crippen LogP contribution in [0.25, 0.3) is 0 Å². The highest BCUT2D eigenvalue weighted by molar-refractivity contribution is 5.83. The first kappa shape index (κ1) is 8.79. The molecule has 0 N–H and O–H groups in total. The summed E-state index contributed by atoms with van der Waals surface area (Å²) in [4.78, 5) is 11.7. The van der Waals surface area contributed by atoms with Gasteiger partial charge in [0.1, 0.15) is 6.61 Å². The van der Waals surface area contributed by atoms with Crippen molar-refractivity contribution in [1.82, 2.24) is 0 Å². The summed E-state index contributed by atoms with van der Waals surface area (Å²) in [5.74, 6) is 0.0281. The van der Waals surface area contributed by atoms with Crippen LogP contribution in [0.15, 0.2) is 11.6 Å². The van der Waals surface area contributed by atoms with E-state index in [1.54, 1.807) is 0 Å². The number of hydrogen-bond donors (Lipinski definition) is 0. The zero-order chi connectivity index (χ0) is 9.31. The molecule has 0 aromatic rings. The van der Waals surface area contributed by atoms with Crippen molar-refractivity contribution < 1.29 is 9.53 Å². The van der Waals surface area contributed by atoms with E-state index in [2.05, 4.69) is 13.0 Å². The maximum atomic E-state index is 11.7. The molecule has 2 heteroatoms. The highest BCUT2D eigenvalue weighted by atomic mass is 16.5. The Morgan fingerprint density at radius 2 is 2.46 bits per heavy atom. The minimum absolute atomic E-state index is 0.0281. The summed E-state index contributed by atoms with van der Waals surface area (Å²) in [7, 11) is 0. The first-order chi connectivity index (χ1) is 6.29. The fourth-order valence-corrected chi connectivity index (χ4v) is 2.56. The Kier molecular flexibility index (Phi) is 2.14. The van der Waals surface area contributed by atoms with Gasteiger partial charge in [0.15, 0.2) is 0 Å². The SMILES string of the molecule is CCCC12CCCC=C1COC2=O. The lowest BCUT2D eigenvalue weighted by atomic mass is 9.71. The van der Waals surface area contributed by atoms with Gasteiger partial charge < -0.3 is 4.74 Å². The van der Waals surface area contributed by atoms with Crippen LogP contribution in [0, 0.1) is 5.41 Å². The summed E-state index contributed by atoms with van der Waals surface area (Å²) in [5, 5.41) is 0. The van der Waals surface area contributed by atoms with Crippen LogP contribution < -0.4 is 0 Å². The quantitative estimate of drug-likeness (QED) is 0.482. The second kappa shape index (κ2) is 3.17. The number of allylic oxidation sites excluding steroid dienone is 1. The van der Waals surface area contributed by atoms with Crippen LogP contribution >= 0.6 is 0 Å². The third-order valence-corrected chi connectivity index (χ3v) is 3.24. The molecule has 0 spiro atoms. The smallest absolute Gasteiger partial charge is 0.316 e. The number of hydrogen-bond acceptors (Lipinski definition) is 2. The van der Waals surface area contributed by atoms with Gasteiger partial charge in [0.2, 0.25) is 0 Å². The van der Waals surface area contributed by atoms with Crippen LogP contribution in [0.4, 0.5) is 0 Å². The van der Waals surface area contributed by atoms with Crippen molar-refractivity contribution in [2.75, 3.05) is 6.61 Å². The molecular formula is C11H16O2. The molecule has 1 aliphatic carbocycles. The lowest BCUT2D eigenvalue weighted by Crippen LogP contribution is -2.29. The highest BCUT2D eigenvalue weighted by Crippen LogP contribution is 2.46. The van der Waals surface area contributed by atoms with E-state index in [-0.39, 0.29) is 11.4 Å². The molecule has 2 rings (SSSR count). The maximum Gasteiger partial charge on any atom is 0.316 e. The van der Waals surface area contributed by atoms with Gasteiger partial charge in [-0.3, -0.25) is 4.79 Å². The summed E-state index contributed by atoms with van der Waals surface area (Å²) in [6.45, 7) is 2.69. The largest absolute Gasteiger partial charge is 0.460 e. The molecule has 1 heterocycles. The van der Waals surface area contributed by atoms with Gasteiger partial charge >= 0.3 is 5.97 Å². The third-order valence-electron chi connectivity index (χ3n) is 3.24. The second-order valence-corrected chi connectivity index (χ2v) is 4.03. The molecule has 72 valence electrons. The standard InChI is InChI=1S/C11H16O2/c1-2-6-11-7-4-3-5-9(11)8-13-10(11)12/h5H,2-4,6-8H2,1H3. The number of carbonyl (C=O) groups is 1. The van der Waals surface area contributed by atoms with Crippen LogP contribution in [-0.2, 0) is 9.53 Å². The molecule has 1 aliphatic heterocycles. The number of fused-ring (bicyclic) bond motifs is 1. The molecule has 13 heavy (non-hydrogen) atoms. The first-order valence-corrected chi connectivity index (χ1v) is 5.16. The summed E-state index contributed by atoms with van der Waals surface area (Å²) in [6, 6.07) is 0. The normalized spacial score (nSPS) is 32.4. The molecule has 2 aliphatic rings. The van der Waals surface area contributed by atoms with Gasteiger partial charge in [-0.05, 0) is 31.3 Å². The Bertz CT molecular complexity index is 255. The number of esters is 1. The van der Waals surface area contributed by atoms with Crippen LogP contribution in [0.2, 0.25) is 0 Å². The average molecular weight is 180 g/mol. The molecule has 1 unspecified atom stereocenters. The molecule has 0 saturated carbocycles. The van der Waals surface area contributed by atoms with Crippen molar-refractivity contribution in [3.8, 4) is 0 Å². The predicted molar refractivity (Wildman–Crippen MR) is 50.2 cm³/mol. The Morgan fingerprint density at radius 3 is 3.23 bits per heavy atom. The van der Waals surface area contributed by atoms with Crippen LogP contribution in [-0.4, -0.2) is 12.6 Å². The lowest BCUT2D eigenvalue weighted by Gasteiger charge is -2.28. The van der Waals surface area contributed by atoms with Gasteiger partial charge in [-0.2, -0.15) is 0 Å². The van der Waals surface area contributed by atoms with E-state index in [0.717, 1.165) is 32.1 Å². The Morgan fingerprint density at radius 1 is 1.62 bits per heavy atom. The fraction of sp³-hybridized carbons (Fsp3) is 0.727. The average Bonchev–Trinajstić information content (AvgIpc) is 2.46. The molecular weight excluding hydrogens is 164 g/mol. The molecule has 1 atom stereocenters. The molecule has 1 fully saturated rings. The number of cyclic esters (lactones) is 1. The third kappa shape index (κ3) is 1.19. The summed E-state index contributed by atoms with van der Waals surface area (Å²) < 4.78 is 5.15. The molecule has 0 radical (unpaired) electrons. The topological polar surface area (TPSA) is 26.3 Å². The Balaban J connectivity index is 2.32. The van der Waals surface area contributed by atoms with E-state index >= 15 is 0 Å². The number of ether oxygens (including phenoxy) is 1.